The second-order valence-electron chi connectivity index (χ2n) is 9.71. The molecule has 2 N–H and O–H groups in total. The number of likely N-dealkylation sites (tertiary alicyclic amines) is 1. The van der Waals surface area contributed by atoms with Gasteiger partial charge in [0.15, 0.2) is 0 Å². The Bertz CT molecular complexity index is 1490. The van der Waals surface area contributed by atoms with Crippen LogP contribution in [0.5, 0.6) is 0 Å². The molecule has 3 heterocycles. The van der Waals surface area contributed by atoms with Crippen LogP contribution >= 0.6 is 35.0 Å². The lowest BCUT2D eigenvalue weighted by molar-refractivity contribution is -0.137. The molecule has 11 heteroatoms. The summed E-state index contributed by atoms with van der Waals surface area (Å²) in [4.78, 5) is 42.3. The van der Waals surface area contributed by atoms with Crippen LogP contribution in [0, 0.1) is 0 Å². The predicted octanol–water partition coefficient (Wildman–Crippen LogP) is 5.94. The minimum absolute atomic E-state index is 0.0552. The maximum atomic E-state index is 13.3. The smallest absolute Gasteiger partial charge is 0.303 e. The fourth-order valence-corrected chi connectivity index (χ4v) is 6.62. The van der Waals surface area contributed by atoms with Crippen LogP contribution in [0.2, 0.25) is 10.0 Å². The van der Waals surface area contributed by atoms with E-state index in [2.05, 4.69) is 10.2 Å². The van der Waals surface area contributed by atoms with Crippen molar-refractivity contribution < 1.29 is 19.5 Å². The van der Waals surface area contributed by atoms with Crippen LogP contribution in [0.15, 0.2) is 53.7 Å². The molecule has 2 aromatic carbocycles. The molecule has 204 valence electrons. The first-order chi connectivity index (χ1) is 18.7. The van der Waals surface area contributed by atoms with Crippen molar-refractivity contribution in [2.75, 3.05) is 17.7 Å². The summed E-state index contributed by atoms with van der Waals surface area (Å²) in [7, 11) is 1.89. The molecule has 1 saturated heterocycles. The number of fused-ring (bicyclic) bond motifs is 1. The van der Waals surface area contributed by atoms with E-state index in [-0.39, 0.29) is 30.8 Å². The summed E-state index contributed by atoms with van der Waals surface area (Å²) in [6.07, 6.45) is 6.11. The predicted molar refractivity (Wildman–Crippen MR) is 155 cm³/mol. The number of halogens is 2. The fourth-order valence-electron chi connectivity index (χ4n) is 5.14. The van der Waals surface area contributed by atoms with Crippen molar-refractivity contribution in [1.29, 1.82) is 0 Å². The number of para-hydroxylation sites is 1. The SMILES string of the molecule is Cn1cc(C(=O)Nc2cc(Cl)c(CC(=O)N3CCCC3N3C=C(CCC(=O)O)SC3)cc2Cl)c2ccccc21. The first kappa shape index (κ1) is 27.4. The Morgan fingerprint density at radius 2 is 1.95 bits per heavy atom. The van der Waals surface area contributed by atoms with Crippen LogP contribution in [0.1, 0.15) is 41.6 Å². The topological polar surface area (TPSA) is 94.9 Å². The van der Waals surface area contributed by atoms with Crippen molar-refractivity contribution in [2.45, 2.75) is 38.3 Å². The number of amides is 2. The third-order valence-corrected chi connectivity index (χ3v) is 8.86. The number of aliphatic carboxylic acids is 1. The lowest BCUT2D eigenvalue weighted by Crippen LogP contribution is -2.44. The number of hydrogen-bond donors (Lipinski definition) is 2. The van der Waals surface area contributed by atoms with E-state index >= 15 is 0 Å². The molecule has 2 aliphatic heterocycles. The number of carbonyl (C=O) groups is 3. The Morgan fingerprint density at radius 3 is 2.74 bits per heavy atom. The fraction of sp³-hybridized carbons (Fsp3) is 0.321. The molecule has 0 spiro atoms. The average Bonchev–Trinajstić information content (AvgIpc) is 3.64. The lowest BCUT2D eigenvalue weighted by atomic mass is 10.1. The first-order valence-corrected chi connectivity index (χ1v) is 14.4. The Morgan fingerprint density at radius 1 is 1.15 bits per heavy atom. The zero-order chi connectivity index (χ0) is 27.7. The molecule has 2 aliphatic rings. The van der Waals surface area contributed by atoms with Crippen molar-refractivity contribution in [3.8, 4) is 0 Å². The van der Waals surface area contributed by atoms with Gasteiger partial charge in [0, 0.05) is 53.2 Å². The Balaban J connectivity index is 1.26. The maximum Gasteiger partial charge on any atom is 0.303 e. The van der Waals surface area contributed by atoms with E-state index in [1.807, 2.05) is 47.0 Å². The quantitative estimate of drug-likeness (QED) is 0.339. The number of rotatable bonds is 8. The number of carboxylic acid groups (broad SMARTS) is 1. The van der Waals surface area contributed by atoms with Crippen LogP contribution < -0.4 is 5.32 Å². The highest BCUT2D eigenvalue weighted by molar-refractivity contribution is 8.03. The summed E-state index contributed by atoms with van der Waals surface area (Å²) in [5, 5.41) is 13.3. The zero-order valence-electron chi connectivity index (χ0n) is 21.3. The lowest BCUT2D eigenvalue weighted by Gasteiger charge is -2.32. The van der Waals surface area contributed by atoms with Gasteiger partial charge in [-0.15, -0.1) is 11.8 Å². The molecule has 2 amide bonds. The van der Waals surface area contributed by atoms with Gasteiger partial charge in [0.05, 0.1) is 28.6 Å². The molecule has 0 bridgehead atoms. The van der Waals surface area contributed by atoms with Gasteiger partial charge in [-0.3, -0.25) is 14.4 Å². The number of nitrogens with zero attached hydrogens (tertiary/aromatic N) is 3. The second-order valence-corrected chi connectivity index (χ2v) is 11.6. The molecule has 1 aromatic heterocycles. The van der Waals surface area contributed by atoms with E-state index in [1.165, 1.54) is 0 Å². The summed E-state index contributed by atoms with van der Waals surface area (Å²) in [5.74, 6) is -0.475. The number of carbonyl (C=O) groups excluding carboxylic acids is 2. The van der Waals surface area contributed by atoms with Crippen LogP contribution in [0.25, 0.3) is 10.9 Å². The van der Waals surface area contributed by atoms with Crippen molar-refractivity contribution in [3.63, 3.8) is 0 Å². The molecule has 5 rings (SSSR count). The minimum Gasteiger partial charge on any atom is -0.481 e. The highest BCUT2D eigenvalue weighted by Crippen LogP contribution is 2.35. The van der Waals surface area contributed by atoms with E-state index in [9.17, 15) is 14.4 Å². The van der Waals surface area contributed by atoms with Crippen LogP contribution in [-0.2, 0) is 23.1 Å². The molecule has 0 saturated carbocycles. The Labute approximate surface area is 240 Å². The van der Waals surface area contributed by atoms with E-state index in [0.29, 0.717) is 45.7 Å². The molecule has 3 aromatic rings. The maximum absolute atomic E-state index is 13.3. The average molecular weight is 588 g/mol. The van der Waals surface area contributed by atoms with E-state index in [0.717, 1.165) is 28.6 Å². The van der Waals surface area contributed by atoms with Gasteiger partial charge in [-0.2, -0.15) is 0 Å². The van der Waals surface area contributed by atoms with E-state index in [4.69, 9.17) is 28.3 Å². The van der Waals surface area contributed by atoms with Crippen LogP contribution in [0.4, 0.5) is 5.69 Å². The monoisotopic (exact) mass is 586 g/mol. The molecular formula is C28H28Cl2N4O4S. The van der Waals surface area contributed by atoms with E-state index < -0.39 is 5.97 Å². The molecule has 0 radical (unpaired) electrons. The van der Waals surface area contributed by atoms with Crippen molar-refractivity contribution in [2.24, 2.45) is 7.05 Å². The van der Waals surface area contributed by atoms with Crippen molar-refractivity contribution in [1.82, 2.24) is 14.4 Å². The number of benzene rings is 2. The largest absolute Gasteiger partial charge is 0.481 e. The number of aryl methyl sites for hydroxylation is 1. The van der Waals surface area contributed by atoms with Crippen LogP contribution in [0.3, 0.4) is 0 Å². The van der Waals surface area contributed by atoms with Gasteiger partial charge in [-0.05, 0) is 43.0 Å². The first-order valence-electron chi connectivity index (χ1n) is 12.6. The minimum atomic E-state index is -0.817. The van der Waals surface area contributed by atoms with Gasteiger partial charge in [0.25, 0.3) is 5.91 Å². The molecule has 8 nitrogen and oxygen atoms in total. The van der Waals surface area contributed by atoms with Crippen LogP contribution in [-0.4, -0.2) is 55.8 Å². The van der Waals surface area contributed by atoms with E-state index in [1.54, 1.807) is 30.1 Å². The summed E-state index contributed by atoms with van der Waals surface area (Å²) in [6, 6.07) is 10.9. The third kappa shape index (κ3) is 5.90. The number of carboxylic acids is 1. The van der Waals surface area contributed by atoms with Gasteiger partial charge >= 0.3 is 5.97 Å². The number of nitrogens with one attached hydrogen (secondary N) is 1. The standard InChI is InChI=1S/C28H28Cl2N4O4S/c1-32-15-20(19-5-2-3-6-24(19)32)28(38)31-23-13-21(29)17(11-22(23)30)12-26(35)34-10-4-7-25(34)33-14-18(39-16-33)8-9-27(36)37/h2-3,5-6,11,13-15,25H,4,7-10,12,16H2,1H3,(H,31,38)(H,36,37). The highest BCUT2D eigenvalue weighted by Gasteiger charge is 2.34. The van der Waals surface area contributed by atoms with Gasteiger partial charge < -0.3 is 24.8 Å². The normalized spacial score (nSPS) is 17.1. The summed E-state index contributed by atoms with van der Waals surface area (Å²) in [5.41, 5.74) is 2.44. The summed E-state index contributed by atoms with van der Waals surface area (Å²) >= 11 is 14.7. The van der Waals surface area contributed by atoms with Gasteiger partial charge in [-0.1, -0.05) is 41.4 Å². The van der Waals surface area contributed by atoms with Gasteiger partial charge in [-0.25, -0.2) is 0 Å². The molecule has 39 heavy (non-hydrogen) atoms. The van der Waals surface area contributed by atoms with Crippen molar-refractivity contribution in [3.05, 3.63) is 74.9 Å². The third-order valence-electron chi connectivity index (χ3n) is 7.09. The molecule has 0 aliphatic carbocycles. The molecule has 1 atom stereocenters. The number of hydrogen-bond acceptors (Lipinski definition) is 5. The molecular weight excluding hydrogens is 559 g/mol. The van der Waals surface area contributed by atoms with Crippen molar-refractivity contribution >= 4 is 69.3 Å². The number of aromatic nitrogens is 1. The highest BCUT2D eigenvalue weighted by atomic mass is 35.5. The number of allylic oxidation sites excluding steroid dienone is 1. The Hall–Kier alpha value is -3.14. The number of thioether (sulfide) groups is 1. The summed E-state index contributed by atoms with van der Waals surface area (Å²) < 4.78 is 1.90. The summed E-state index contributed by atoms with van der Waals surface area (Å²) in [6.45, 7) is 0.646. The van der Waals surface area contributed by atoms with Gasteiger partial charge in [0.2, 0.25) is 5.91 Å². The van der Waals surface area contributed by atoms with Gasteiger partial charge in [0.1, 0.15) is 6.17 Å². The molecule has 1 unspecified atom stereocenters. The molecule has 1 fully saturated rings. The second kappa shape index (κ2) is 11.5. The number of anilines is 1. The zero-order valence-corrected chi connectivity index (χ0v) is 23.7. The Kier molecular flexibility index (Phi) is 8.11.